The number of Topliss-reactive ketones (excluding diaryl/α,β-unsaturated/α-hetero) is 4. The smallest absolute Gasteiger partial charge is 0.163 e. The number of methoxy groups -OCH3 is 2. The third-order valence-corrected chi connectivity index (χ3v) is 18.3. The SMILES string of the molecule is CCC12C=CCN3CCC4(c5cc(Cc6cc7c(cc6OC)N[C@@H]6C78CCN7CC=CC(CC)(C78)[C@@H](CC(C)=O)[C@]6(O)C(C)=O)c(OC)cc5N[C@H]4[C@@](O)(C(C)=O)[C@@H]1CC(C)=O)C32. The number of hydrogen-bond acceptors (Lipinski definition) is 12. The molecule has 12 atom stereocenters. The maximum atomic E-state index is 14.1. The molecular weight excluding hydrogens is 797 g/mol. The Balaban J connectivity index is 1.13. The van der Waals surface area contributed by atoms with Crippen molar-refractivity contribution in [3.8, 4) is 11.5 Å². The van der Waals surface area contributed by atoms with E-state index in [1.165, 1.54) is 13.8 Å². The number of anilines is 2. The molecule has 0 bridgehead atoms. The maximum Gasteiger partial charge on any atom is 0.163 e. The summed E-state index contributed by atoms with van der Waals surface area (Å²) in [5.41, 5.74) is -0.589. The number of ether oxygens (including phenoxy) is 2. The number of carbonyl (C=O) groups is 4. The van der Waals surface area contributed by atoms with Crippen LogP contribution in [0.4, 0.5) is 11.4 Å². The zero-order chi connectivity index (χ0) is 44.8. The van der Waals surface area contributed by atoms with Gasteiger partial charge < -0.3 is 39.9 Å². The monoisotopic (exact) mass is 860 g/mol. The quantitative estimate of drug-likeness (QED) is 0.205. The molecular formula is C51H64N4O8. The molecule has 0 aromatic heterocycles. The van der Waals surface area contributed by atoms with Gasteiger partial charge >= 0.3 is 0 Å². The number of carbonyl (C=O) groups excluding carboxylic acids is 4. The first kappa shape index (κ1) is 42.6. The van der Waals surface area contributed by atoms with Crippen LogP contribution in [0, 0.1) is 22.7 Å². The number of ketones is 4. The molecule has 2 saturated heterocycles. The van der Waals surface area contributed by atoms with Gasteiger partial charge in [0.1, 0.15) is 34.3 Å². The van der Waals surface area contributed by atoms with Crippen LogP contribution >= 0.6 is 0 Å². The summed E-state index contributed by atoms with van der Waals surface area (Å²) in [5.74, 6) is -0.674. The van der Waals surface area contributed by atoms with Gasteiger partial charge in [0.15, 0.2) is 11.6 Å². The fraction of sp³-hybridized carbons (Fsp3) is 0.608. The van der Waals surface area contributed by atoms with Crippen LogP contribution in [0.3, 0.4) is 0 Å². The summed E-state index contributed by atoms with van der Waals surface area (Å²) in [5, 5.41) is 33.6. The Bertz CT molecular complexity index is 2250. The van der Waals surface area contributed by atoms with E-state index >= 15 is 0 Å². The van der Waals surface area contributed by atoms with Crippen molar-refractivity contribution in [3.63, 3.8) is 0 Å². The standard InChI is InChI=1S/C51H64N4O8/c1-9-46-13-11-17-54-19-15-48(44(46)54)34-24-32(38(62-7)26-36(34)52-42(48)50(60,30(5)58)40(46)21-28(3)56)23-33-25-35-37(27-39(33)63-8)53-43-49(35)16-20-55-18-12-14-47(10-2,45(49)55)41(22-29(4)57)51(43,61)31(6)59/h11-14,24-27,40-45,52-53,60-61H,9-10,15-23H2,1-8H3/t40-,41-,42-,43-,44?,45?,46?,47?,48?,49?,50-,51-/m1/s1. The van der Waals surface area contributed by atoms with Crippen molar-refractivity contribution in [2.75, 3.05) is 51.0 Å². The van der Waals surface area contributed by atoms with E-state index in [0.717, 1.165) is 72.6 Å². The Hall–Kier alpha value is -4.36. The molecule has 63 heavy (non-hydrogen) atoms. The second kappa shape index (κ2) is 14.1. The largest absolute Gasteiger partial charge is 0.496 e. The number of fused-ring (bicyclic) bond motifs is 2. The second-order valence-electron chi connectivity index (χ2n) is 20.5. The normalized spacial score (nSPS) is 39.8. The Morgan fingerprint density at radius 1 is 0.667 bits per heavy atom. The lowest BCUT2D eigenvalue weighted by atomic mass is 9.43. The lowest BCUT2D eigenvalue weighted by Crippen LogP contribution is -2.77. The first-order valence-electron chi connectivity index (χ1n) is 23.2. The van der Waals surface area contributed by atoms with Crippen LogP contribution in [0.25, 0.3) is 0 Å². The van der Waals surface area contributed by atoms with Gasteiger partial charge in [-0.3, -0.25) is 19.4 Å². The average Bonchev–Trinajstić information content (AvgIpc) is 4.02. The molecule has 2 aliphatic carbocycles. The van der Waals surface area contributed by atoms with E-state index in [-0.39, 0.29) is 48.1 Å². The number of aliphatic hydroxyl groups is 2. The molecule has 8 aliphatic rings. The van der Waals surface area contributed by atoms with Gasteiger partial charge in [-0.25, -0.2) is 0 Å². The van der Waals surface area contributed by atoms with E-state index < -0.39 is 56.8 Å². The fourth-order valence-electron chi connectivity index (χ4n) is 16.2. The predicted octanol–water partition coefficient (Wildman–Crippen LogP) is 5.30. The average molecular weight is 861 g/mol. The Labute approximate surface area is 370 Å². The van der Waals surface area contributed by atoms with Crippen molar-refractivity contribution in [3.05, 3.63) is 70.8 Å². The highest BCUT2D eigenvalue weighted by Gasteiger charge is 2.78. The van der Waals surface area contributed by atoms with Crippen LogP contribution in [-0.4, -0.2) is 119 Å². The predicted molar refractivity (Wildman–Crippen MR) is 239 cm³/mol. The van der Waals surface area contributed by atoms with Crippen LogP contribution in [0.5, 0.6) is 11.5 Å². The van der Waals surface area contributed by atoms with Crippen LogP contribution < -0.4 is 20.1 Å². The molecule has 4 fully saturated rings. The van der Waals surface area contributed by atoms with Crippen LogP contribution in [0.1, 0.15) is 102 Å². The number of hydrogen-bond donors (Lipinski definition) is 4. The molecule has 0 radical (unpaired) electrons. The molecule has 0 amide bonds. The van der Waals surface area contributed by atoms with Gasteiger partial charge in [-0.1, -0.05) is 38.2 Å². The zero-order valence-corrected chi connectivity index (χ0v) is 38.1. The topological polar surface area (TPSA) is 158 Å². The fourth-order valence-corrected chi connectivity index (χ4v) is 16.2. The summed E-state index contributed by atoms with van der Waals surface area (Å²) >= 11 is 0. The molecule has 6 aliphatic heterocycles. The first-order chi connectivity index (χ1) is 30.0. The van der Waals surface area contributed by atoms with Crippen molar-refractivity contribution in [2.24, 2.45) is 22.7 Å². The third-order valence-electron chi connectivity index (χ3n) is 18.3. The van der Waals surface area contributed by atoms with E-state index in [2.05, 4.69) is 70.7 Å². The third kappa shape index (κ3) is 5.07. The minimum atomic E-state index is -1.82. The van der Waals surface area contributed by atoms with Gasteiger partial charge in [0, 0.05) is 101 Å². The lowest BCUT2D eigenvalue weighted by molar-refractivity contribution is -0.177. The van der Waals surface area contributed by atoms with E-state index in [4.69, 9.17) is 9.47 Å². The summed E-state index contributed by atoms with van der Waals surface area (Å²) in [7, 11) is 3.32. The zero-order valence-electron chi connectivity index (χ0n) is 38.1. The summed E-state index contributed by atoms with van der Waals surface area (Å²) in [4.78, 5) is 59.3. The molecule has 6 unspecified atom stereocenters. The summed E-state index contributed by atoms with van der Waals surface area (Å²) in [6, 6.07) is 7.05. The maximum absolute atomic E-state index is 14.1. The molecule has 336 valence electrons. The number of nitrogens with one attached hydrogen (secondary N) is 2. The minimum absolute atomic E-state index is 0.0481. The van der Waals surface area contributed by atoms with Crippen molar-refractivity contribution in [2.45, 2.75) is 133 Å². The Morgan fingerprint density at radius 2 is 1.06 bits per heavy atom. The molecule has 2 aromatic carbocycles. The molecule has 2 saturated carbocycles. The van der Waals surface area contributed by atoms with E-state index in [1.807, 2.05) is 12.1 Å². The van der Waals surface area contributed by atoms with Crippen molar-refractivity contribution >= 4 is 34.5 Å². The Kier molecular flexibility index (Phi) is 9.51. The summed E-state index contributed by atoms with van der Waals surface area (Å²) in [6.07, 6.45) is 12.2. The van der Waals surface area contributed by atoms with Gasteiger partial charge in [0.25, 0.3) is 0 Å². The van der Waals surface area contributed by atoms with Gasteiger partial charge in [-0.05, 0) is 101 Å². The number of nitrogens with zero attached hydrogens (tertiary/aromatic N) is 2. The number of benzene rings is 2. The van der Waals surface area contributed by atoms with Gasteiger partial charge in [-0.15, -0.1) is 0 Å². The van der Waals surface area contributed by atoms with Crippen molar-refractivity contribution in [1.82, 2.24) is 9.80 Å². The molecule has 6 heterocycles. The highest BCUT2D eigenvalue weighted by atomic mass is 16.5. The summed E-state index contributed by atoms with van der Waals surface area (Å²) < 4.78 is 12.4. The van der Waals surface area contributed by atoms with Crippen LogP contribution in [0.15, 0.2) is 48.6 Å². The van der Waals surface area contributed by atoms with Gasteiger partial charge in [0.05, 0.1) is 26.3 Å². The molecule has 2 spiro atoms. The highest BCUT2D eigenvalue weighted by Crippen LogP contribution is 2.70. The Morgan fingerprint density at radius 3 is 1.40 bits per heavy atom. The summed E-state index contributed by atoms with van der Waals surface area (Å²) in [6.45, 7) is 13.4. The lowest BCUT2D eigenvalue weighted by Gasteiger charge is -2.64. The number of rotatable bonds is 12. The first-order valence-corrected chi connectivity index (χ1v) is 23.2. The molecule has 10 rings (SSSR count). The molecule has 12 nitrogen and oxygen atoms in total. The highest BCUT2D eigenvalue weighted by molar-refractivity contribution is 5.92. The molecule has 2 aromatic rings. The van der Waals surface area contributed by atoms with E-state index in [9.17, 15) is 29.4 Å². The second-order valence-corrected chi connectivity index (χ2v) is 20.5. The van der Waals surface area contributed by atoms with Gasteiger partial charge in [-0.2, -0.15) is 0 Å². The van der Waals surface area contributed by atoms with Gasteiger partial charge in [0.2, 0.25) is 0 Å². The van der Waals surface area contributed by atoms with E-state index in [0.29, 0.717) is 30.8 Å². The van der Waals surface area contributed by atoms with Crippen LogP contribution in [0.2, 0.25) is 0 Å². The van der Waals surface area contributed by atoms with Crippen molar-refractivity contribution in [1.29, 1.82) is 0 Å². The molecule has 4 N–H and O–H groups in total. The van der Waals surface area contributed by atoms with Crippen molar-refractivity contribution < 1.29 is 38.9 Å². The minimum Gasteiger partial charge on any atom is -0.496 e. The van der Waals surface area contributed by atoms with Crippen LogP contribution in [-0.2, 0) is 36.4 Å². The van der Waals surface area contributed by atoms with E-state index in [1.54, 1.807) is 28.1 Å². The molecule has 12 heteroatoms.